The second-order valence-electron chi connectivity index (χ2n) is 8.17. The van der Waals surface area contributed by atoms with Gasteiger partial charge in [-0.25, -0.2) is 4.79 Å². The zero-order chi connectivity index (χ0) is 20.9. The average molecular weight is 475 g/mol. The van der Waals surface area contributed by atoms with Crippen molar-refractivity contribution in [1.29, 1.82) is 0 Å². The maximum absolute atomic E-state index is 13.0. The van der Waals surface area contributed by atoms with Gasteiger partial charge in [0.1, 0.15) is 6.54 Å². The molecule has 0 spiro atoms. The van der Waals surface area contributed by atoms with Gasteiger partial charge < -0.3 is 31.5 Å². The van der Waals surface area contributed by atoms with Gasteiger partial charge in [-0.1, -0.05) is 30.3 Å². The second kappa shape index (κ2) is 10.7. The van der Waals surface area contributed by atoms with Crippen LogP contribution in [0.5, 0.6) is 0 Å². The number of ether oxygens (including phenoxy) is 1. The Hall–Kier alpha value is -2.18. The Morgan fingerprint density at radius 1 is 0.967 bits per heavy atom. The highest BCUT2D eigenvalue weighted by Crippen LogP contribution is 2.25. The zero-order valence-corrected chi connectivity index (χ0v) is 19.6. The molecule has 0 atom stereocenters. The number of nitrogens with zero attached hydrogens (tertiary/aromatic N) is 1. The van der Waals surface area contributed by atoms with Crippen molar-refractivity contribution < 1.29 is 35.8 Å². The first-order chi connectivity index (χ1) is 13.9. The zero-order valence-electron chi connectivity index (χ0n) is 18.0. The van der Waals surface area contributed by atoms with Crippen molar-refractivity contribution >= 4 is 17.6 Å². The first kappa shape index (κ1) is 24.1. The maximum atomic E-state index is 13.0. The van der Waals surface area contributed by atoms with Gasteiger partial charge in [-0.3, -0.25) is 4.79 Å². The molecule has 0 saturated carbocycles. The third kappa shape index (κ3) is 5.92. The Labute approximate surface area is 189 Å². The number of aryl methyl sites for hydroxylation is 2. The first-order valence-corrected chi connectivity index (χ1v) is 10.3. The Kier molecular flexibility index (Phi) is 8.62. The Bertz CT molecular complexity index is 854. The number of hydrogen-bond donors (Lipinski definition) is 1. The smallest absolute Gasteiger partial charge is 0.337 e. The number of hydrogen-bond acceptors (Lipinski definition) is 3. The second-order valence-corrected chi connectivity index (χ2v) is 8.17. The molecule has 1 fully saturated rings. The van der Waals surface area contributed by atoms with Crippen molar-refractivity contribution in [2.24, 2.45) is 0 Å². The summed E-state index contributed by atoms with van der Waals surface area (Å²) in [6.45, 7) is 7.30. The third-order valence-corrected chi connectivity index (χ3v) is 5.88. The number of carbonyl (C=O) groups is 2. The lowest BCUT2D eigenvalue weighted by Gasteiger charge is -2.41. The van der Waals surface area contributed by atoms with Gasteiger partial charge in [0.15, 0.2) is 6.54 Å². The predicted molar refractivity (Wildman–Crippen MR) is 115 cm³/mol. The van der Waals surface area contributed by atoms with Crippen LogP contribution in [0.25, 0.3) is 0 Å². The van der Waals surface area contributed by atoms with Gasteiger partial charge >= 0.3 is 5.97 Å². The van der Waals surface area contributed by atoms with Gasteiger partial charge in [-0.15, -0.1) is 0 Å². The van der Waals surface area contributed by atoms with Gasteiger partial charge in [0.25, 0.3) is 5.91 Å². The van der Waals surface area contributed by atoms with Crippen molar-refractivity contribution in [1.82, 2.24) is 0 Å². The van der Waals surface area contributed by atoms with E-state index in [1.165, 1.54) is 13.5 Å². The predicted octanol–water partition coefficient (Wildman–Crippen LogP) is 1.23. The van der Waals surface area contributed by atoms with Crippen LogP contribution >= 0.6 is 0 Å². The van der Waals surface area contributed by atoms with E-state index in [0.29, 0.717) is 12.1 Å². The highest BCUT2D eigenvalue weighted by Gasteiger charge is 2.33. The van der Waals surface area contributed by atoms with Crippen LogP contribution in [0.3, 0.4) is 0 Å². The molecule has 0 aliphatic carbocycles. The highest BCUT2D eigenvalue weighted by molar-refractivity contribution is 5.93. The molecule has 6 heteroatoms. The fourth-order valence-corrected chi connectivity index (χ4v) is 4.30. The monoisotopic (exact) mass is 474 g/mol. The molecule has 0 unspecified atom stereocenters. The minimum absolute atomic E-state index is 0. The normalized spacial score (nSPS) is 15.0. The van der Waals surface area contributed by atoms with E-state index in [1.54, 1.807) is 12.1 Å². The van der Waals surface area contributed by atoms with E-state index >= 15 is 0 Å². The lowest BCUT2D eigenvalue weighted by atomic mass is 10.0. The number of esters is 1. The third-order valence-electron chi connectivity index (χ3n) is 5.88. The molecular formula is C24H31BrN2O3. The minimum Gasteiger partial charge on any atom is -1.00 e. The molecule has 1 aliphatic heterocycles. The molecule has 0 radical (unpaired) electrons. The van der Waals surface area contributed by atoms with Crippen LogP contribution in [0.15, 0.2) is 42.5 Å². The van der Waals surface area contributed by atoms with Crippen LogP contribution in [-0.2, 0) is 16.1 Å². The quantitative estimate of drug-likeness (QED) is 0.506. The molecule has 1 aliphatic rings. The summed E-state index contributed by atoms with van der Waals surface area (Å²) < 4.78 is 5.54. The topological polar surface area (TPSA) is 55.4 Å². The summed E-state index contributed by atoms with van der Waals surface area (Å²) in [6, 6.07) is 13.6. The summed E-state index contributed by atoms with van der Waals surface area (Å²) in [5.41, 5.74) is 4.78. The number of piperidine rings is 1. The molecule has 30 heavy (non-hydrogen) atoms. The standard InChI is InChI=1S/C24H30N2O3.BrH/c1-18-8-7-9-19(2)23(18)25-22(27)17-26(14-5-4-6-15-26)16-20-10-12-21(13-11-20)24(28)29-3;/h7-13H,4-6,14-17H2,1-3H3;1H. The van der Waals surface area contributed by atoms with Crippen molar-refractivity contribution in [3.63, 3.8) is 0 Å². The van der Waals surface area contributed by atoms with Crippen molar-refractivity contribution in [2.45, 2.75) is 39.7 Å². The molecule has 1 N–H and O–H groups in total. The van der Waals surface area contributed by atoms with Crippen molar-refractivity contribution in [3.8, 4) is 0 Å². The van der Waals surface area contributed by atoms with E-state index in [9.17, 15) is 9.59 Å². The number of rotatable bonds is 6. The number of likely N-dealkylation sites (tertiary alicyclic amines) is 1. The van der Waals surface area contributed by atoms with Crippen LogP contribution in [-0.4, -0.2) is 43.1 Å². The number of benzene rings is 2. The van der Waals surface area contributed by atoms with Gasteiger partial charge in [0.2, 0.25) is 0 Å². The fourth-order valence-electron chi connectivity index (χ4n) is 4.30. The highest BCUT2D eigenvalue weighted by atomic mass is 79.9. The lowest BCUT2D eigenvalue weighted by molar-refractivity contribution is -0.937. The number of anilines is 1. The van der Waals surface area contributed by atoms with Gasteiger partial charge in [0, 0.05) is 11.3 Å². The number of carbonyl (C=O) groups excluding carboxylic acids is 2. The van der Waals surface area contributed by atoms with Crippen LogP contribution in [0.2, 0.25) is 0 Å². The maximum Gasteiger partial charge on any atom is 0.337 e. The SMILES string of the molecule is COC(=O)c1ccc(C[N+]2(CC(=O)Nc3c(C)cccc3C)CCCCC2)cc1.[Br-]. The number of amides is 1. The van der Waals surface area contributed by atoms with Crippen LogP contribution in [0, 0.1) is 13.8 Å². The molecule has 1 amide bonds. The van der Waals surface area contributed by atoms with E-state index in [0.717, 1.165) is 59.3 Å². The van der Waals surface area contributed by atoms with Crippen molar-refractivity contribution in [3.05, 3.63) is 64.7 Å². The van der Waals surface area contributed by atoms with Gasteiger partial charge in [-0.2, -0.15) is 0 Å². The molecule has 1 saturated heterocycles. The van der Waals surface area contributed by atoms with Crippen LogP contribution in [0.4, 0.5) is 5.69 Å². The first-order valence-electron chi connectivity index (χ1n) is 10.3. The van der Waals surface area contributed by atoms with Crippen LogP contribution < -0.4 is 22.3 Å². The summed E-state index contributed by atoms with van der Waals surface area (Å²) in [6.07, 6.45) is 3.49. The Morgan fingerprint density at radius 2 is 1.57 bits per heavy atom. The molecule has 162 valence electrons. The van der Waals surface area contributed by atoms with E-state index in [-0.39, 0.29) is 28.9 Å². The molecular weight excluding hydrogens is 444 g/mol. The Balaban J connectivity index is 0.00000320. The molecule has 0 aromatic heterocycles. The number of halogens is 1. The summed E-state index contributed by atoms with van der Waals surface area (Å²) in [4.78, 5) is 24.6. The summed E-state index contributed by atoms with van der Waals surface area (Å²) in [5.74, 6) is -0.262. The van der Waals surface area contributed by atoms with Crippen molar-refractivity contribution in [2.75, 3.05) is 32.1 Å². The average Bonchev–Trinajstić information content (AvgIpc) is 2.71. The summed E-state index contributed by atoms with van der Waals surface area (Å²) >= 11 is 0. The van der Waals surface area contributed by atoms with E-state index < -0.39 is 0 Å². The Morgan fingerprint density at radius 3 is 2.13 bits per heavy atom. The molecule has 2 aromatic rings. The number of methoxy groups -OCH3 is 1. The summed E-state index contributed by atoms with van der Waals surface area (Å²) in [5, 5.41) is 3.15. The molecule has 2 aromatic carbocycles. The largest absolute Gasteiger partial charge is 1.00 e. The lowest BCUT2D eigenvalue weighted by Crippen LogP contribution is -3.00. The molecule has 1 heterocycles. The molecule has 5 nitrogen and oxygen atoms in total. The van der Waals surface area contributed by atoms with Gasteiger partial charge in [0.05, 0.1) is 25.8 Å². The van der Waals surface area contributed by atoms with Crippen LogP contribution in [0.1, 0.15) is 46.3 Å². The summed E-state index contributed by atoms with van der Waals surface area (Å²) in [7, 11) is 1.39. The van der Waals surface area contributed by atoms with E-state index in [2.05, 4.69) is 5.32 Å². The molecule has 3 rings (SSSR count). The number of para-hydroxylation sites is 1. The van der Waals surface area contributed by atoms with Gasteiger partial charge in [-0.05, 0) is 56.4 Å². The minimum atomic E-state index is -0.327. The molecule has 0 bridgehead atoms. The van der Waals surface area contributed by atoms with E-state index in [4.69, 9.17) is 4.74 Å². The van der Waals surface area contributed by atoms with E-state index in [1.807, 2.05) is 44.2 Å². The number of quaternary nitrogens is 1. The fraction of sp³-hybridized carbons (Fsp3) is 0.417. The number of nitrogens with one attached hydrogen (secondary N) is 1.